The highest BCUT2D eigenvalue weighted by molar-refractivity contribution is 5.95. The van der Waals surface area contributed by atoms with Crippen LogP contribution in [-0.2, 0) is 0 Å². The van der Waals surface area contributed by atoms with Gasteiger partial charge in [0.1, 0.15) is 0 Å². The van der Waals surface area contributed by atoms with Crippen LogP contribution in [0.15, 0.2) is 49.1 Å². The number of pyridine rings is 1. The van der Waals surface area contributed by atoms with Gasteiger partial charge in [-0.15, -0.1) is 0 Å². The summed E-state index contributed by atoms with van der Waals surface area (Å²) in [7, 11) is 0. The highest BCUT2D eigenvalue weighted by atomic mass is 15.1. The number of hydrogen-bond donors (Lipinski definition) is 1. The van der Waals surface area contributed by atoms with Gasteiger partial charge in [-0.2, -0.15) is 0 Å². The van der Waals surface area contributed by atoms with Gasteiger partial charge >= 0.3 is 0 Å². The molecule has 0 radical (unpaired) electrons. The number of aromatic nitrogens is 3. The van der Waals surface area contributed by atoms with Crippen LogP contribution in [0.5, 0.6) is 0 Å². The Balaban J connectivity index is 1.65. The molecule has 0 aliphatic heterocycles. The zero-order valence-corrected chi connectivity index (χ0v) is 11.7. The first kappa shape index (κ1) is 12.3. The van der Waals surface area contributed by atoms with E-state index in [-0.39, 0.29) is 0 Å². The molecule has 0 amide bonds. The molecule has 0 spiro atoms. The van der Waals surface area contributed by atoms with Gasteiger partial charge in [-0.05, 0) is 35.8 Å². The van der Waals surface area contributed by atoms with Crippen molar-refractivity contribution in [2.24, 2.45) is 5.92 Å². The van der Waals surface area contributed by atoms with Gasteiger partial charge in [0.15, 0.2) is 0 Å². The van der Waals surface area contributed by atoms with Crippen molar-refractivity contribution in [1.82, 2.24) is 15.0 Å². The van der Waals surface area contributed by atoms with Crippen molar-refractivity contribution in [3.05, 3.63) is 49.1 Å². The van der Waals surface area contributed by atoms with Gasteiger partial charge in [0.25, 0.3) is 0 Å². The van der Waals surface area contributed by atoms with Crippen LogP contribution in [0.3, 0.4) is 0 Å². The molecule has 0 atom stereocenters. The maximum atomic E-state index is 4.42. The van der Waals surface area contributed by atoms with Gasteiger partial charge in [0.2, 0.25) is 5.95 Å². The second-order valence-corrected chi connectivity index (χ2v) is 5.52. The van der Waals surface area contributed by atoms with E-state index in [4.69, 9.17) is 0 Å². The molecule has 0 unspecified atom stereocenters. The van der Waals surface area contributed by atoms with Crippen LogP contribution in [0.25, 0.3) is 21.9 Å². The molecule has 0 bridgehead atoms. The minimum absolute atomic E-state index is 0.712. The number of nitrogens with zero attached hydrogens (tertiary/aromatic N) is 3. The maximum Gasteiger partial charge on any atom is 0.222 e. The van der Waals surface area contributed by atoms with Gasteiger partial charge in [-0.25, -0.2) is 9.97 Å². The number of rotatable bonds is 4. The molecule has 0 saturated heterocycles. The van der Waals surface area contributed by atoms with E-state index in [1.807, 2.05) is 30.9 Å². The second kappa shape index (κ2) is 5.13. The summed E-state index contributed by atoms with van der Waals surface area (Å²) in [5, 5.41) is 5.59. The van der Waals surface area contributed by atoms with E-state index in [1.54, 1.807) is 0 Å². The molecule has 3 aromatic rings. The Morgan fingerprint density at radius 3 is 2.71 bits per heavy atom. The molecule has 2 aromatic heterocycles. The summed E-state index contributed by atoms with van der Waals surface area (Å²) in [6, 6.07) is 8.25. The molecule has 1 saturated carbocycles. The smallest absolute Gasteiger partial charge is 0.222 e. The fraction of sp³-hybridized carbons (Fsp3) is 0.235. The first-order valence-corrected chi connectivity index (χ1v) is 7.29. The number of benzene rings is 1. The molecule has 1 aliphatic carbocycles. The van der Waals surface area contributed by atoms with Crippen molar-refractivity contribution >= 4 is 16.7 Å². The minimum Gasteiger partial charge on any atom is -0.354 e. The van der Waals surface area contributed by atoms with Crippen molar-refractivity contribution < 1.29 is 0 Å². The number of hydrogen-bond acceptors (Lipinski definition) is 4. The molecule has 2 heterocycles. The second-order valence-electron chi connectivity index (χ2n) is 5.52. The monoisotopic (exact) mass is 276 g/mol. The van der Waals surface area contributed by atoms with Crippen molar-refractivity contribution in [2.75, 3.05) is 11.9 Å². The predicted octanol–water partition coefficient (Wildman–Crippen LogP) is 3.51. The van der Waals surface area contributed by atoms with Gasteiger partial charge < -0.3 is 5.32 Å². The molecule has 1 N–H and O–H groups in total. The van der Waals surface area contributed by atoms with E-state index in [2.05, 4.69) is 38.5 Å². The number of anilines is 1. The molecule has 21 heavy (non-hydrogen) atoms. The lowest BCUT2D eigenvalue weighted by Crippen LogP contribution is -2.06. The molecule has 1 fully saturated rings. The van der Waals surface area contributed by atoms with Crippen molar-refractivity contribution in [3.8, 4) is 11.1 Å². The maximum absolute atomic E-state index is 4.42. The first-order chi connectivity index (χ1) is 10.4. The third kappa shape index (κ3) is 2.57. The Bertz CT molecular complexity index is 758. The van der Waals surface area contributed by atoms with Crippen molar-refractivity contribution in [1.29, 1.82) is 0 Å². The van der Waals surface area contributed by atoms with Crippen LogP contribution in [-0.4, -0.2) is 21.5 Å². The summed E-state index contributed by atoms with van der Waals surface area (Å²) in [5.41, 5.74) is 2.14. The molecular weight excluding hydrogens is 260 g/mol. The van der Waals surface area contributed by atoms with E-state index < -0.39 is 0 Å². The average molecular weight is 276 g/mol. The Morgan fingerprint density at radius 2 is 1.90 bits per heavy atom. The van der Waals surface area contributed by atoms with Crippen LogP contribution in [0.4, 0.5) is 5.95 Å². The highest BCUT2D eigenvalue weighted by Crippen LogP contribution is 2.29. The molecule has 4 rings (SSSR count). The summed E-state index contributed by atoms with van der Waals surface area (Å²) in [6.07, 6.45) is 10.1. The summed E-state index contributed by atoms with van der Waals surface area (Å²) in [4.78, 5) is 13.1. The SMILES string of the molecule is c1cc(-c2cnc(NCC3CC3)nc2)c2cnccc2c1. The Labute approximate surface area is 123 Å². The Morgan fingerprint density at radius 1 is 1.05 bits per heavy atom. The largest absolute Gasteiger partial charge is 0.354 e. The first-order valence-electron chi connectivity index (χ1n) is 7.29. The van der Waals surface area contributed by atoms with Crippen LogP contribution in [0, 0.1) is 5.92 Å². The van der Waals surface area contributed by atoms with Gasteiger partial charge in [0, 0.05) is 42.3 Å². The molecule has 1 aliphatic rings. The lowest BCUT2D eigenvalue weighted by atomic mass is 10.0. The third-order valence-electron chi connectivity index (χ3n) is 3.89. The predicted molar refractivity (Wildman–Crippen MR) is 84.0 cm³/mol. The van der Waals surface area contributed by atoms with Crippen LogP contribution < -0.4 is 5.32 Å². The minimum atomic E-state index is 0.712. The zero-order valence-electron chi connectivity index (χ0n) is 11.7. The van der Waals surface area contributed by atoms with Crippen LogP contribution >= 0.6 is 0 Å². The van der Waals surface area contributed by atoms with Gasteiger partial charge in [-0.3, -0.25) is 4.98 Å². The summed E-state index contributed by atoms with van der Waals surface area (Å²) >= 11 is 0. The van der Waals surface area contributed by atoms with E-state index in [9.17, 15) is 0 Å². The Hall–Kier alpha value is -2.49. The normalized spacial score (nSPS) is 14.3. The third-order valence-corrected chi connectivity index (χ3v) is 3.89. The molecule has 4 nitrogen and oxygen atoms in total. The van der Waals surface area contributed by atoms with Gasteiger partial charge in [-0.1, -0.05) is 18.2 Å². The van der Waals surface area contributed by atoms with Gasteiger partial charge in [0.05, 0.1) is 0 Å². The van der Waals surface area contributed by atoms with Crippen LogP contribution in [0.2, 0.25) is 0 Å². The van der Waals surface area contributed by atoms with E-state index in [1.165, 1.54) is 18.2 Å². The fourth-order valence-corrected chi connectivity index (χ4v) is 2.48. The topological polar surface area (TPSA) is 50.7 Å². The van der Waals surface area contributed by atoms with Crippen LogP contribution in [0.1, 0.15) is 12.8 Å². The van der Waals surface area contributed by atoms with Crippen molar-refractivity contribution in [3.63, 3.8) is 0 Å². The lowest BCUT2D eigenvalue weighted by Gasteiger charge is -2.07. The van der Waals surface area contributed by atoms with E-state index >= 15 is 0 Å². The summed E-state index contributed by atoms with van der Waals surface area (Å²) in [6.45, 7) is 0.984. The Kier molecular flexibility index (Phi) is 2.99. The molecule has 4 heteroatoms. The average Bonchev–Trinajstić information content (AvgIpc) is 3.37. The molecule has 104 valence electrons. The highest BCUT2D eigenvalue weighted by Gasteiger charge is 2.20. The zero-order chi connectivity index (χ0) is 14.1. The number of nitrogens with one attached hydrogen (secondary N) is 1. The number of fused-ring (bicyclic) bond motifs is 1. The molecular formula is C17H16N4. The van der Waals surface area contributed by atoms with Crippen molar-refractivity contribution in [2.45, 2.75) is 12.8 Å². The fourth-order valence-electron chi connectivity index (χ4n) is 2.48. The molecule has 1 aromatic carbocycles. The van der Waals surface area contributed by atoms with E-state index in [0.29, 0.717) is 5.95 Å². The lowest BCUT2D eigenvalue weighted by molar-refractivity contribution is 0.873. The van der Waals surface area contributed by atoms with E-state index in [0.717, 1.165) is 29.0 Å². The summed E-state index contributed by atoms with van der Waals surface area (Å²) in [5.74, 6) is 1.53. The quantitative estimate of drug-likeness (QED) is 0.792. The standard InChI is InChI=1S/C17H16N4/c1-2-13-6-7-18-11-16(13)15(3-1)14-9-20-17(21-10-14)19-8-12-4-5-12/h1-3,6-7,9-12H,4-5,8H2,(H,19,20,21). The summed E-state index contributed by atoms with van der Waals surface area (Å²) < 4.78 is 0.